The van der Waals surface area contributed by atoms with Gasteiger partial charge in [0.15, 0.2) is 0 Å². The third-order valence-corrected chi connectivity index (χ3v) is 10.9. The van der Waals surface area contributed by atoms with Crippen molar-refractivity contribution in [2.75, 3.05) is 0 Å². The monoisotopic (exact) mass is 570 g/mol. The number of furan rings is 1. The normalized spacial score (nSPS) is 41.0. The van der Waals surface area contributed by atoms with Gasteiger partial charge in [0.05, 0.1) is 18.9 Å². The van der Waals surface area contributed by atoms with Gasteiger partial charge in [0.2, 0.25) is 0 Å². The Morgan fingerprint density at radius 2 is 1.61 bits per heavy atom. The van der Waals surface area contributed by atoms with Crippen LogP contribution in [0.3, 0.4) is 0 Å². The minimum Gasteiger partial charge on any atom is -0.472 e. The summed E-state index contributed by atoms with van der Waals surface area (Å²) in [5, 5.41) is 0. The summed E-state index contributed by atoms with van der Waals surface area (Å²) < 4.78 is 29.8. The molecule has 0 radical (unpaired) electrons. The highest BCUT2D eigenvalue weighted by molar-refractivity contribution is 5.73. The lowest BCUT2D eigenvalue weighted by Gasteiger charge is -2.67. The van der Waals surface area contributed by atoms with E-state index in [1.807, 2.05) is 13.0 Å². The fraction of sp³-hybridized carbons (Fsp3) is 0.688. The molecule has 4 aliphatic rings. The summed E-state index contributed by atoms with van der Waals surface area (Å²) in [6.45, 7) is 14.0. The van der Waals surface area contributed by atoms with E-state index in [4.69, 9.17) is 23.4 Å². The molecule has 9 heteroatoms. The molecule has 2 heterocycles. The van der Waals surface area contributed by atoms with Crippen LogP contribution in [-0.2, 0) is 38.1 Å². The highest BCUT2D eigenvalue weighted by Gasteiger charge is 2.75. The molecule has 1 aromatic rings. The molecule has 0 aromatic carbocycles. The molecule has 1 aliphatic heterocycles. The Labute approximate surface area is 241 Å². The summed E-state index contributed by atoms with van der Waals surface area (Å²) in [4.78, 5) is 51.2. The van der Waals surface area contributed by atoms with Crippen molar-refractivity contribution in [3.05, 3.63) is 35.8 Å². The average Bonchev–Trinajstić information content (AvgIpc) is 3.46. The van der Waals surface area contributed by atoms with E-state index in [-0.39, 0.29) is 23.7 Å². The fourth-order valence-corrected chi connectivity index (χ4v) is 9.76. The second-order valence-electron chi connectivity index (χ2n) is 13.6. The Morgan fingerprint density at radius 3 is 2.20 bits per heavy atom. The molecule has 224 valence electrons. The van der Waals surface area contributed by atoms with Crippen molar-refractivity contribution in [2.24, 2.45) is 28.1 Å². The summed E-state index contributed by atoms with van der Waals surface area (Å²) in [5.74, 6) is -2.73. The number of ether oxygens (including phenoxy) is 4. The number of cyclic esters (lactones) is 1. The van der Waals surface area contributed by atoms with Crippen LogP contribution in [0.25, 0.3) is 0 Å². The number of allylic oxidation sites excluding steroid dienone is 1. The zero-order valence-electron chi connectivity index (χ0n) is 25.3. The first kappa shape index (κ1) is 29.4. The second kappa shape index (κ2) is 9.73. The standard InChI is InChI=1S/C32H42O9/c1-17(33)38-24-15-25(36)41-29(4,5)27-26(39-18(2)34)28(40-19(3)35)31(7)22-10-9-21(20-12-14-37-16-20)30(22,6)13-11-23(31)32(24,27)8/h10,12,14,16,21,23-24,26-28H,9,11,13,15H2,1-8H3. The van der Waals surface area contributed by atoms with Gasteiger partial charge < -0.3 is 23.4 Å². The first-order chi connectivity index (χ1) is 19.1. The van der Waals surface area contributed by atoms with E-state index in [9.17, 15) is 19.2 Å². The Kier molecular flexibility index (Phi) is 6.98. The predicted molar refractivity (Wildman–Crippen MR) is 146 cm³/mol. The van der Waals surface area contributed by atoms with Crippen LogP contribution >= 0.6 is 0 Å². The lowest BCUT2D eigenvalue weighted by atomic mass is 9.39. The van der Waals surface area contributed by atoms with E-state index in [2.05, 4.69) is 19.9 Å². The van der Waals surface area contributed by atoms with Gasteiger partial charge in [-0.05, 0) is 62.0 Å². The molecule has 1 saturated heterocycles. The van der Waals surface area contributed by atoms with Gasteiger partial charge in [-0.3, -0.25) is 19.2 Å². The smallest absolute Gasteiger partial charge is 0.310 e. The van der Waals surface area contributed by atoms with E-state index in [0.29, 0.717) is 6.42 Å². The molecule has 0 N–H and O–H groups in total. The molecule has 9 unspecified atom stereocenters. The molecule has 2 saturated carbocycles. The molecule has 5 rings (SSSR count). The van der Waals surface area contributed by atoms with E-state index < -0.39 is 64.5 Å². The first-order valence-electron chi connectivity index (χ1n) is 14.5. The maximum atomic E-state index is 13.2. The molecular formula is C32H42O9. The molecule has 41 heavy (non-hydrogen) atoms. The maximum Gasteiger partial charge on any atom is 0.310 e. The summed E-state index contributed by atoms with van der Waals surface area (Å²) in [7, 11) is 0. The SMILES string of the molecule is CC(=O)OC1C(OC(C)=O)C2(C)C3=CCC(c4ccoc4)C3(C)CCC2C2(C)C(OC(C)=O)CC(=O)OC(C)(C)C12. The number of carbonyl (C=O) groups excluding carboxylic acids is 4. The largest absolute Gasteiger partial charge is 0.472 e. The quantitative estimate of drug-likeness (QED) is 0.271. The van der Waals surface area contributed by atoms with Gasteiger partial charge in [0.25, 0.3) is 0 Å². The number of hydrogen-bond donors (Lipinski definition) is 0. The highest BCUT2D eigenvalue weighted by atomic mass is 16.6. The van der Waals surface area contributed by atoms with Crippen LogP contribution < -0.4 is 0 Å². The van der Waals surface area contributed by atoms with Crippen molar-refractivity contribution in [1.82, 2.24) is 0 Å². The predicted octanol–water partition coefficient (Wildman–Crippen LogP) is 5.27. The molecule has 1 aromatic heterocycles. The van der Waals surface area contributed by atoms with E-state index in [0.717, 1.165) is 24.0 Å². The van der Waals surface area contributed by atoms with Gasteiger partial charge in [0.1, 0.15) is 23.9 Å². The van der Waals surface area contributed by atoms with Gasteiger partial charge in [-0.25, -0.2) is 0 Å². The molecule has 0 bridgehead atoms. The minimum atomic E-state index is -1.13. The number of carbonyl (C=O) groups is 4. The molecule has 3 aliphatic carbocycles. The summed E-state index contributed by atoms with van der Waals surface area (Å²) in [6.07, 6.45) is 5.23. The van der Waals surface area contributed by atoms with Crippen LogP contribution in [0, 0.1) is 28.1 Å². The molecule has 0 amide bonds. The van der Waals surface area contributed by atoms with Crippen molar-refractivity contribution >= 4 is 23.9 Å². The number of rotatable bonds is 4. The molecule has 9 nitrogen and oxygen atoms in total. The zero-order chi connectivity index (χ0) is 30.1. The Hall–Kier alpha value is -3.10. The van der Waals surface area contributed by atoms with Gasteiger partial charge in [-0.1, -0.05) is 32.4 Å². The minimum absolute atomic E-state index is 0.123. The molecule has 3 fully saturated rings. The average molecular weight is 571 g/mol. The van der Waals surface area contributed by atoms with E-state index in [1.54, 1.807) is 26.4 Å². The maximum absolute atomic E-state index is 13.2. The van der Waals surface area contributed by atoms with Crippen molar-refractivity contribution in [1.29, 1.82) is 0 Å². The molecule has 0 spiro atoms. The lowest BCUT2D eigenvalue weighted by molar-refractivity contribution is -0.270. The van der Waals surface area contributed by atoms with Crippen molar-refractivity contribution in [3.8, 4) is 0 Å². The molecular weight excluding hydrogens is 528 g/mol. The van der Waals surface area contributed by atoms with Crippen molar-refractivity contribution in [2.45, 2.75) is 111 Å². The van der Waals surface area contributed by atoms with Gasteiger partial charge in [-0.15, -0.1) is 0 Å². The number of esters is 4. The summed E-state index contributed by atoms with van der Waals surface area (Å²) in [6, 6.07) is 2.00. The fourth-order valence-electron chi connectivity index (χ4n) is 9.76. The van der Waals surface area contributed by atoms with Crippen molar-refractivity contribution in [3.63, 3.8) is 0 Å². The van der Waals surface area contributed by atoms with Crippen LogP contribution in [0.1, 0.15) is 92.6 Å². The summed E-state index contributed by atoms with van der Waals surface area (Å²) >= 11 is 0. The lowest BCUT2D eigenvalue weighted by Crippen LogP contribution is -2.72. The van der Waals surface area contributed by atoms with E-state index in [1.165, 1.54) is 20.8 Å². The Morgan fingerprint density at radius 1 is 0.951 bits per heavy atom. The van der Waals surface area contributed by atoms with Crippen LogP contribution in [0.15, 0.2) is 34.7 Å². The Balaban J connectivity index is 1.77. The van der Waals surface area contributed by atoms with Crippen LogP contribution in [0.2, 0.25) is 0 Å². The number of fused-ring (bicyclic) bond motifs is 5. The third kappa shape index (κ3) is 4.33. The second-order valence-corrected chi connectivity index (χ2v) is 13.6. The molecule has 9 atom stereocenters. The van der Waals surface area contributed by atoms with Gasteiger partial charge >= 0.3 is 23.9 Å². The van der Waals surface area contributed by atoms with Crippen LogP contribution in [-0.4, -0.2) is 47.8 Å². The van der Waals surface area contributed by atoms with E-state index >= 15 is 0 Å². The first-order valence-corrected chi connectivity index (χ1v) is 14.5. The van der Waals surface area contributed by atoms with Crippen LogP contribution in [0.5, 0.6) is 0 Å². The van der Waals surface area contributed by atoms with Crippen molar-refractivity contribution < 1.29 is 42.5 Å². The van der Waals surface area contributed by atoms with Crippen LogP contribution in [0.4, 0.5) is 0 Å². The summed E-state index contributed by atoms with van der Waals surface area (Å²) in [5.41, 5.74) is -0.890. The third-order valence-electron chi connectivity index (χ3n) is 10.9. The highest BCUT2D eigenvalue weighted by Crippen LogP contribution is 2.73. The Bertz CT molecular complexity index is 1280. The number of hydrogen-bond acceptors (Lipinski definition) is 9. The topological polar surface area (TPSA) is 118 Å². The van der Waals surface area contributed by atoms with Gasteiger partial charge in [-0.2, -0.15) is 0 Å². The zero-order valence-corrected chi connectivity index (χ0v) is 25.3. The van der Waals surface area contributed by atoms with Gasteiger partial charge in [0, 0.05) is 37.5 Å².